The molecule has 21 heavy (non-hydrogen) atoms. The lowest BCUT2D eigenvalue weighted by Gasteiger charge is -2.33. The van der Waals surface area contributed by atoms with E-state index in [4.69, 9.17) is 14.2 Å². The Bertz CT molecular complexity index is 347. The Kier molecular flexibility index (Phi) is 7.67. The molecule has 0 bridgehead atoms. The molecule has 0 aromatic carbocycles. The standard InChI is InChI=1S/C15H27NO5/c1-5-21-15(18)11(2)14(20-4)12-7-6-9-16(12)13(17)8-10-19-3/h11-12,14H,5-10H2,1-4H3. The van der Waals surface area contributed by atoms with Gasteiger partial charge in [-0.2, -0.15) is 0 Å². The van der Waals surface area contributed by atoms with Gasteiger partial charge in [-0.05, 0) is 26.7 Å². The zero-order valence-corrected chi connectivity index (χ0v) is 13.5. The predicted molar refractivity (Wildman–Crippen MR) is 77.8 cm³/mol. The largest absolute Gasteiger partial charge is 0.466 e. The highest BCUT2D eigenvalue weighted by molar-refractivity contribution is 5.77. The van der Waals surface area contributed by atoms with Gasteiger partial charge in [-0.1, -0.05) is 0 Å². The summed E-state index contributed by atoms with van der Waals surface area (Å²) in [6.45, 7) is 5.04. The number of carbonyl (C=O) groups excluding carboxylic acids is 2. The SMILES string of the molecule is CCOC(=O)C(C)C(OC)C1CCCN1C(=O)CCOC. The summed E-state index contributed by atoms with van der Waals surface area (Å²) in [6.07, 6.45) is 1.80. The molecule has 6 heteroatoms. The topological polar surface area (TPSA) is 65.1 Å². The molecular weight excluding hydrogens is 274 g/mol. The molecule has 1 aliphatic rings. The number of hydrogen-bond acceptors (Lipinski definition) is 5. The third kappa shape index (κ3) is 4.68. The van der Waals surface area contributed by atoms with Crippen LogP contribution >= 0.6 is 0 Å². The van der Waals surface area contributed by atoms with Gasteiger partial charge >= 0.3 is 5.97 Å². The number of likely N-dealkylation sites (tertiary alicyclic amines) is 1. The molecule has 0 aromatic rings. The van der Waals surface area contributed by atoms with E-state index in [0.717, 1.165) is 12.8 Å². The fraction of sp³-hybridized carbons (Fsp3) is 0.867. The quantitative estimate of drug-likeness (QED) is 0.631. The van der Waals surface area contributed by atoms with Crippen LogP contribution in [-0.4, -0.2) is 62.9 Å². The highest BCUT2D eigenvalue weighted by atomic mass is 16.5. The third-order valence-electron chi connectivity index (χ3n) is 3.94. The summed E-state index contributed by atoms with van der Waals surface area (Å²) in [5, 5.41) is 0. The average molecular weight is 301 g/mol. The summed E-state index contributed by atoms with van der Waals surface area (Å²) in [4.78, 5) is 26.0. The van der Waals surface area contributed by atoms with Gasteiger partial charge in [0.15, 0.2) is 0 Å². The first-order valence-corrected chi connectivity index (χ1v) is 7.54. The number of hydrogen-bond donors (Lipinski definition) is 0. The Morgan fingerprint density at radius 2 is 2.05 bits per heavy atom. The lowest BCUT2D eigenvalue weighted by Crippen LogP contribution is -2.48. The van der Waals surface area contributed by atoms with Gasteiger partial charge in [0.1, 0.15) is 0 Å². The van der Waals surface area contributed by atoms with Crippen molar-refractivity contribution in [2.24, 2.45) is 5.92 Å². The summed E-state index contributed by atoms with van der Waals surface area (Å²) >= 11 is 0. The number of rotatable bonds is 8. The molecule has 0 aliphatic carbocycles. The number of nitrogens with zero attached hydrogens (tertiary/aromatic N) is 1. The highest BCUT2D eigenvalue weighted by Gasteiger charge is 2.39. The van der Waals surface area contributed by atoms with Gasteiger partial charge in [0.2, 0.25) is 5.91 Å². The van der Waals surface area contributed by atoms with Crippen LogP contribution < -0.4 is 0 Å². The van der Waals surface area contributed by atoms with Crippen LogP contribution in [0.25, 0.3) is 0 Å². The van der Waals surface area contributed by atoms with Gasteiger partial charge in [-0.15, -0.1) is 0 Å². The Hall–Kier alpha value is -1.14. The Balaban J connectivity index is 2.73. The van der Waals surface area contributed by atoms with Gasteiger partial charge in [0, 0.05) is 20.8 Å². The van der Waals surface area contributed by atoms with Crippen molar-refractivity contribution in [2.75, 3.05) is 34.0 Å². The smallest absolute Gasteiger partial charge is 0.311 e. The third-order valence-corrected chi connectivity index (χ3v) is 3.94. The number of amides is 1. The molecule has 122 valence electrons. The lowest BCUT2D eigenvalue weighted by molar-refractivity contribution is -0.156. The summed E-state index contributed by atoms with van der Waals surface area (Å²) in [5.41, 5.74) is 0. The normalized spacial score (nSPS) is 21.1. The number of esters is 1. The van der Waals surface area contributed by atoms with Gasteiger partial charge in [-0.3, -0.25) is 9.59 Å². The first-order chi connectivity index (χ1) is 10.1. The zero-order valence-electron chi connectivity index (χ0n) is 13.5. The van der Waals surface area contributed by atoms with Crippen molar-refractivity contribution in [1.82, 2.24) is 4.90 Å². The molecule has 1 aliphatic heterocycles. The van der Waals surface area contributed by atoms with Crippen molar-refractivity contribution in [2.45, 2.75) is 45.3 Å². The van der Waals surface area contributed by atoms with Crippen LogP contribution in [-0.2, 0) is 23.8 Å². The van der Waals surface area contributed by atoms with Gasteiger partial charge in [0.05, 0.1) is 37.7 Å². The Labute approximate surface area is 126 Å². The van der Waals surface area contributed by atoms with Crippen LogP contribution in [0.3, 0.4) is 0 Å². The van der Waals surface area contributed by atoms with E-state index in [1.807, 2.05) is 4.90 Å². The molecule has 1 heterocycles. The van der Waals surface area contributed by atoms with Crippen LogP contribution in [0, 0.1) is 5.92 Å². The first kappa shape index (κ1) is 17.9. The summed E-state index contributed by atoms with van der Waals surface area (Å²) in [7, 11) is 3.16. The fourth-order valence-corrected chi connectivity index (χ4v) is 2.88. The van der Waals surface area contributed by atoms with E-state index in [2.05, 4.69) is 0 Å². The van der Waals surface area contributed by atoms with Crippen LogP contribution in [0.2, 0.25) is 0 Å². The molecule has 1 amide bonds. The lowest BCUT2D eigenvalue weighted by atomic mass is 9.95. The molecule has 0 N–H and O–H groups in total. The molecule has 1 fully saturated rings. The second-order valence-corrected chi connectivity index (χ2v) is 5.28. The average Bonchev–Trinajstić information content (AvgIpc) is 2.95. The minimum Gasteiger partial charge on any atom is -0.466 e. The van der Waals surface area contributed by atoms with Crippen LogP contribution in [0.15, 0.2) is 0 Å². The van der Waals surface area contributed by atoms with Crippen molar-refractivity contribution in [3.63, 3.8) is 0 Å². The number of ether oxygens (including phenoxy) is 3. The molecule has 1 saturated heterocycles. The van der Waals surface area contributed by atoms with Crippen molar-refractivity contribution < 1.29 is 23.8 Å². The van der Waals surface area contributed by atoms with Crippen LogP contribution in [0.4, 0.5) is 0 Å². The molecule has 0 radical (unpaired) electrons. The fourth-order valence-electron chi connectivity index (χ4n) is 2.88. The molecular formula is C15H27NO5. The maximum atomic E-state index is 12.2. The molecule has 0 spiro atoms. The zero-order chi connectivity index (χ0) is 15.8. The second-order valence-electron chi connectivity index (χ2n) is 5.28. The minimum absolute atomic E-state index is 0.0532. The first-order valence-electron chi connectivity index (χ1n) is 7.54. The monoisotopic (exact) mass is 301 g/mol. The van der Waals surface area contributed by atoms with Crippen molar-refractivity contribution in [3.8, 4) is 0 Å². The van der Waals surface area contributed by atoms with E-state index in [-0.39, 0.29) is 24.0 Å². The molecule has 6 nitrogen and oxygen atoms in total. The summed E-state index contributed by atoms with van der Waals surface area (Å²) in [6, 6.07) is -0.0706. The van der Waals surface area contributed by atoms with Crippen LogP contribution in [0.5, 0.6) is 0 Å². The van der Waals surface area contributed by atoms with E-state index in [1.165, 1.54) is 0 Å². The van der Waals surface area contributed by atoms with Gasteiger partial charge < -0.3 is 19.1 Å². The van der Waals surface area contributed by atoms with Gasteiger partial charge in [-0.25, -0.2) is 0 Å². The second kappa shape index (κ2) is 9.00. The molecule has 1 rings (SSSR count). The van der Waals surface area contributed by atoms with E-state index in [0.29, 0.717) is 26.2 Å². The maximum absolute atomic E-state index is 12.2. The van der Waals surface area contributed by atoms with Crippen molar-refractivity contribution in [1.29, 1.82) is 0 Å². The number of carbonyl (C=O) groups is 2. The summed E-state index contributed by atoms with van der Waals surface area (Å²) in [5.74, 6) is -0.617. The van der Waals surface area contributed by atoms with E-state index in [9.17, 15) is 9.59 Å². The molecule has 0 aromatic heterocycles. The Morgan fingerprint density at radius 1 is 1.33 bits per heavy atom. The minimum atomic E-state index is -0.393. The highest BCUT2D eigenvalue weighted by Crippen LogP contribution is 2.27. The van der Waals surface area contributed by atoms with E-state index < -0.39 is 5.92 Å². The van der Waals surface area contributed by atoms with Gasteiger partial charge in [0.25, 0.3) is 0 Å². The number of methoxy groups -OCH3 is 2. The molecule has 3 atom stereocenters. The molecule has 3 unspecified atom stereocenters. The van der Waals surface area contributed by atoms with Crippen molar-refractivity contribution in [3.05, 3.63) is 0 Å². The van der Waals surface area contributed by atoms with E-state index >= 15 is 0 Å². The molecule has 0 saturated carbocycles. The maximum Gasteiger partial charge on any atom is 0.311 e. The van der Waals surface area contributed by atoms with E-state index in [1.54, 1.807) is 28.1 Å². The predicted octanol–water partition coefficient (Wildman–Crippen LogP) is 1.23. The Morgan fingerprint density at radius 3 is 2.62 bits per heavy atom. The van der Waals surface area contributed by atoms with Crippen molar-refractivity contribution >= 4 is 11.9 Å². The van der Waals surface area contributed by atoms with Crippen LogP contribution in [0.1, 0.15) is 33.1 Å². The summed E-state index contributed by atoms with van der Waals surface area (Å²) < 4.78 is 15.5.